The van der Waals surface area contributed by atoms with Crippen LogP contribution in [0, 0.1) is 11.3 Å². The number of aromatic amines is 1. The van der Waals surface area contributed by atoms with Crippen LogP contribution in [0.5, 0.6) is 0 Å². The molecule has 2 heterocycles. The van der Waals surface area contributed by atoms with Gasteiger partial charge in [-0.15, -0.1) is 10.2 Å². The third-order valence-corrected chi connectivity index (χ3v) is 4.41. The summed E-state index contributed by atoms with van der Waals surface area (Å²) in [4.78, 5) is 37.2. The van der Waals surface area contributed by atoms with Crippen LogP contribution in [0.3, 0.4) is 0 Å². The van der Waals surface area contributed by atoms with Crippen molar-refractivity contribution in [1.82, 2.24) is 24.5 Å². The molecule has 0 saturated carbocycles. The predicted molar refractivity (Wildman–Crippen MR) is 99.1 cm³/mol. The van der Waals surface area contributed by atoms with Crippen molar-refractivity contribution in [2.24, 2.45) is 0 Å². The van der Waals surface area contributed by atoms with Crippen molar-refractivity contribution in [1.29, 1.82) is 5.26 Å². The number of nitriles is 1. The van der Waals surface area contributed by atoms with E-state index in [0.717, 1.165) is 4.68 Å². The van der Waals surface area contributed by atoms with Gasteiger partial charge in [0.15, 0.2) is 0 Å². The van der Waals surface area contributed by atoms with E-state index in [-0.39, 0.29) is 34.1 Å². The van der Waals surface area contributed by atoms with Gasteiger partial charge in [-0.05, 0) is 31.5 Å². The number of nitrogens with zero attached hydrogens (tertiary/aromatic N) is 5. The number of hydrogen-bond donors (Lipinski definition) is 1. The molecule has 1 N–H and O–H groups in total. The van der Waals surface area contributed by atoms with Crippen LogP contribution in [0.2, 0.25) is 10.0 Å². The number of aromatic nitrogens is 5. The van der Waals surface area contributed by atoms with Crippen LogP contribution in [-0.4, -0.2) is 24.5 Å². The fraction of sp³-hybridized carbons (Fsp3) is 0.250. The summed E-state index contributed by atoms with van der Waals surface area (Å²) in [6, 6.07) is 4.18. The SMILES string of the molecule is CC(C)n1nc(Cc2c(Cl)cc(-n3nc(C#N)c(=O)[nH]c3=O)cc2Cl)oc1=O. The Bertz CT molecular complexity index is 1250. The molecule has 0 aliphatic carbocycles. The molecule has 0 fully saturated rings. The maximum absolute atomic E-state index is 12.0. The van der Waals surface area contributed by atoms with Crippen LogP contribution in [-0.2, 0) is 6.42 Å². The van der Waals surface area contributed by atoms with Gasteiger partial charge in [-0.3, -0.25) is 9.78 Å². The Labute approximate surface area is 166 Å². The van der Waals surface area contributed by atoms with Gasteiger partial charge in [0.05, 0.1) is 18.2 Å². The van der Waals surface area contributed by atoms with Crippen LogP contribution in [0.25, 0.3) is 5.69 Å². The van der Waals surface area contributed by atoms with Crippen molar-refractivity contribution >= 4 is 23.2 Å². The van der Waals surface area contributed by atoms with E-state index in [4.69, 9.17) is 32.9 Å². The van der Waals surface area contributed by atoms with Gasteiger partial charge in [-0.1, -0.05) is 23.2 Å². The summed E-state index contributed by atoms with van der Waals surface area (Å²) in [5.74, 6) is -0.469. The minimum absolute atomic E-state index is 0.0459. The van der Waals surface area contributed by atoms with E-state index in [1.54, 1.807) is 19.9 Å². The van der Waals surface area contributed by atoms with Gasteiger partial charge in [0, 0.05) is 10.0 Å². The second-order valence-corrected chi connectivity index (χ2v) is 6.81. The molecule has 0 saturated heterocycles. The molecule has 1 aromatic carbocycles. The highest BCUT2D eigenvalue weighted by molar-refractivity contribution is 6.36. The van der Waals surface area contributed by atoms with Crippen LogP contribution in [0.1, 0.15) is 37.0 Å². The lowest BCUT2D eigenvalue weighted by molar-refractivity contribution is 0.434. The second-order valence-electron chi connectivity index (χ2n) is 6.00. The van der Waals surface area contributed by atoms with Crippen molar-refractivity contribution < 1.29 is 4.42 Å². The summed E-state index contributed by atoms with van der Waals surface area (Å²) < 4.78 is 7.10. The average Bonchev–Trinajstić information content (AvgIpc) is 2.99. The van der Waals surface area contributed by atoms with Crippen molar-refractivity contribution in [3.8, 4) is 11.8 Å². The molecule has 0 bridgehead atoms. The van der Waals surface area contributed by atoms with Crippen molar-refractivity contribution in [2.75, 3.05) is 0 Å². The largest absolute Gasteiger partial charge is 0.437 e. The summed E-state index contributed by atoms with van der Waals surface area (Å²) in [7, 11) is 0. The molecule has 2 aromatic heterocycles. The maximum atomic E-state index is 12.0. The normalized spacial score (nSPS) is 11.0. The molecule has 10 nitrogen and oxygen atoms in total. The highest BCUT2D eigenvalue weighted by Crippen LogP contribution is 2.29. The van der Waals surface area contributed by atoms with Gasteiger partial charge in [0.25, 0.3) is 5.56 Å². The quantitative estimate of drug-likeness (QED) is 0.669. The van der Waals surface area contributed by atoms with E-state index in [2.05, 4.69) is 10.2 Å². The maximum Gasteiger partial charge on any atom is 0.437 e. The third-order valence-electron chi connectivity index (χ3n) is 3.73. The van der Waals surface area contributed by atoms with Crippen LogP contribution in [0.4, 0.5) is 0 Å². The number of rotatable bonds is 4. The second kappa shape index (κ2) is 7.46. The minimum atomic E-state index is -0.895. The molecular weight excluding hydrogens is 411 g/mol. The van der Waals surface area contributed by atoms with E-state index in [0.29, 0.717) is 5.56 Å². The van der Waals surface area contributed by atoms with Crippen LogP contribution < -0.4 is 17.0 Å². The predicted octanol–water partition coefficient (Wildman–Crippen LogP) is 1.42. The first-order valence-electron chi connectivity index (χ1n) is 7.91. The molecule has 0 unspecified atom stereocenters. The third kappa shape index (κ3) is 3.62. The highest BCUT2D eigenvalue weighted by atomic mass is 35.5. The van der Waals surface area contributed by atoms with Crippen LogP contribution in [0.15, 0.2) is 30.9 Å². The number of hydrogen-bond acceptors (Lipinski definition) is 7. The first kappa shape index (κ1) is 19.6. The van der Waals surface area contributed by atoms with E-state index in [1.165, 1.54) is 16.8 Å². The minimum Gasteiger partial charge on any atom is -0.392 e. The number of nitrogens with one attached hydrogen (secondary N) is 1. The zero-order valence-electron chi connectivity index (χ0n) is 14.6. The van der Waals surface area contributed by atoms with Gasteiger partial charge in [-0.2, -0.15) is 14.6 Å². The van der Waals surface area contributed by atoms with Crippen molar-refractivity contribution in [2.45, 2.75) is 26.3 Å². The van der Waals surface area contributed by atoms with Crippen molar-refractivity contribution in [3.05, 3.63) is 70.7 Å². The monoisotopic (exact) mass is 422 g/mol. The Hall–Kier alpha value is -3.16. The van der Waals surface area contributed by atoms with Gasteiger partial charge in [0.1, 0.15) is 6.07 Å². The summed E-state index contributed by atoms with van der Waals surface area (Å²) in [5, 5.41) is 17.0. The molecule has 0 spiro atoms. The molecule has 0 amide bonds. The van der Waals surface area contributed by atoms with Gasteiger partial charge in [-0.25, -0.2) is 9.59 Å². The smallest absolute Gasteiger partial charge is 0.392 e. The van der Waals surface area contributed by atoms with E-state index >= 15 is 0 Å². The highest BCUT2D eigenvalue weighted by Gasteiger charge is 2.17. The molecule has 0 atom stereocenters. The molecule has 12 heteroatoms. The molecule has 3 aromatic rings. The Morgan fingerprint density at radius 2 is 1.86 bits per heavy atom. The molecule has 3 rings (SSSR count). The lowest BCUT2D eigenvalue weighted by atomic mass is 10.1. The Balaban J connectivity index is 2.04. The Morgan fingerprint density at radius 1 is 1.21 bits per heavy atom. The fourth-order valence-corrected chi connectivity index (χ4v) is 3.02. The van der Waals surface area contributed by atoms with Crippen molar-refractivity contribution in [3.63, 3.8) is 0 Å². The van der Waals surface area contributed by atoms with Gasteiger partial charge in [0.2, 0.25) is 11.6 Å². The summed E-state index contributed by atoms with van der Waals surface area (Å²) in [6.45, 7) is 3.57. The first-order chi connectivity index (χ1) is 13.2. The number of halogens is 2. The lowest BCUT2D eigenvalue weighted by Gasteiger charge is -2.09. The molecule has 0 radical (unpaired) electrons. The summed E-state index contributed by atoms with van der Waals surface area (Å²) in [6.07, 6.45) is 0.0459. The van der Waals surface area contributed by atoms with E-state index < -0.39 is 22.7 Å². The molecule has 144 valence electrons. The van der Waals surface area contributed by atoms with Crippen LogP contribution >= 0.6 is 23.2 Å². The molecular formula is C16H12Cl2N6O4. The lowest BCUT2D eigenvalue weighted by Crippen LogP contribution is -2.33. The zero-order chi connectivity index (χ0) is 20.6. The standard InChI is InChI=1S/C16H12Cl2N6O4/c1-7(2)23-16(27)28-13(22-23)5-9-10(17)3-8(4-11(9)18)24-15(26)20-14(25)12(6-19)21-24/h3-4,7H,5H2,1-2H3,(H,20,25,26). The number of benzene rings is 1. The molecule has 28 heavy (non-hydrogen) atoms. The number of H-pyrrole nitrogens is 1. The van der Waals surface area contributed by atoms with Gasteiger partial charge < -0.3 is 4.42 Å². The average molecular weight is 423 g/mol. The zero-order valence-corrected chi connectivity index (χ0v) is 16.1. The Kier molecular flexibility index (Phi) is 5.22. The van der Waals surface area contributed by atoms with Gasteiger partial charge >= 0.3 is 11.4 Å². The summed E-state index contributed by atoms with van der Waals surface area (Å²) >= 11 is 12.6. The summed E-state index contributed by atoms with van der Waals surface area (Å²) in [5.41, 5.74) is -1.68. The van der Waals surface area contributed by atoms with E-state index in [9.17, 15) is 14.4 Å². The first-order valence-corrected chi connectivity index (χ1v) is 8.67. The topological polar surface area (TPSA) is 140 Å². The molecule has 0 aliphatic rings. The Morgan fingerprint density at radius 3 is 2.39 bits per heavy atom. The molecule has 0 aliphatic heterocycles. The fourth-order valence-electron chi connectivity index (χ4n) is 2.41. The van der Waals surface area contributed by atoms with E-state index in [1.807, 2.05) is 4.98 Å².